The summed E-state index contributed by atoms with van der Waals surface area (Å²) in [7, 11) is 0. The van der Waals surface area contributed by atoms with Crippen molar-refractivity contribution in [2.45, 2.75) is 6.04 Å². The molecule has 25 heavy (non-hydrogen) atoms. The molecule has 1 fully saturated rings. The molecule has 128 valence electrons. The highest BCUT2D eigenvalue weighted by Gasteiger charge is 2.38. The van der Waals surface area contributed by atoms with Crippen LogP contribution in [-0.2, 0) is 4.79 Å². The molecule has 0 spiro atoms. The normalized spacial score (nSPS) is 19.7. The van der Waals surface area contributed by atoms with Crippen LogP contribution < -0.4 is 16.0 Å². The standard InChI is InChI=1S/C16H14N4O4S/c1-9-13(14(19-16(22)17-9)12-6-3-7-25-12)15(21)18-10-4-2-5-11(8-10)20(23)24/h2-8,13-14H,1H2,(H,18,21)(H2,17,19,22)/t13-,14+/m1/s1. The molecule has 0 radical (unpaired) electrons. The predicted octanol–water partition coefficient (Wildman–Crippen LogP) is 2.78. The number of thiophene rings is 1. The fraction of sp³-hybridized carbons (Fsp3) is 0.125. The quantitative estimate of drug-likeness (QED) is 0.576. The lowest BCUT2D eigenvalue weighted by Gasteiger charge is -2.33. The summed E-state index contributed by atoms with van der Waals surface area (Å²) in [4.78, 5) is 35.6. The molecule has 3 amide bonds. The highest BCUT2D eigenvalue weighted by Crippen LogP contribution is 2.33. The molecule has 2 aromatic rings. The Labute approximate surface area is 146 Å². The maximum Gasteiger partial charge on any atom is 0.319 e. The van der Waals surface area contributed by atoms with E-state index < -0.39 is 28.8 Å². The van der Waals surface area contributed by atoms with Gasteiger partial charge in [-0.25, -0.2) is 4.79 Å². The van der Waals surface area contributed by atoms with E-state index in [4.69, 9.17) is 0 Å². The van der Waals surface area contributed by atoms with E-state index >= 15 is 0 Å². The van der Waals surface area contributed by atoms with E-state index in [1.807, 2.05) is 17.5 Å². The van der Waals surface area contributed by atoms with Crippen LogP contribution in [-0.4, -0.2) is 16.9 Å². The molecule has 0 aliphatic carbocycles. The van der Waals surface area contributed by atoms with Gasteiger partial charge in [-0.2, -0.15) is 0 Å². The van der Waals surface area contributed by atoms with Gasteiger partial charge in [-0.15, -0.1) is 11.3 Å². The highest BCUT2D eigenvalue weighted by atomic mass is 32.1. The summed E-state index contributed by atoms with van der Waals surface area (Å²) in [5.41, 5.74) is 0.445. The zero-order valence-corrected chi connectivity index (χ0v) is 13.7. The number of benzene rings is 1. The number of carbonyl (C=O) groups is 2. The van der Waals surface area contributed by atoms with E-state index in [9.17, 15) is 19.7 Å². The van der Waals surface area contributed by atoms with Gasteiger partial charge in [0.2, 0.25) is 5.91 Å². The number of rotatable bonds is 4. The molecule has 2 heterocycles. The van der Waals surface area contributed by atoms with Gasteiger partial charge in [0, 0.05) is 28.4 Å². The van der Waals surface area contributed by atoms with Crippen molar-refractivity contribution >= 4 is 34.6 Å². The molecule has 1 aromatic heterocycles. The average Bonchev–Trinajstić information content (AvgIpc) is 3.08. The van der Waals surface area contributed by atoms with Crippen LogP contribution in [0.1, 0.15) is 10.9 Å². The van der Waals surface area contributed by atoms with Crippen molar-refractivity contribution in [2.24, 2.45) is 5.92 Å². The smallest absolute Gasteiger partial charge is 0.319 e. The summed E-state index contributed by atoms with van der Waals surface area (Å²) in [6.07, 6.45) is 0. The van der Waals surface area contributed by atoms with Gasteiger partial charge in [-0.3, -0.25) is 14.9 Å². The Morgan fingerprint density at radius 2 is 2.12 bits per heavy atom. The number of anilines is 1. The zero-order chi connectivity index (χ0) is 18.0. The second-order valence-electron chi connectivity index (χ2n) is 5.39. The van der Waals surface area contributed by atoms with Gasteiger partial charge in [0.1, 0.15) is 5.92 Å². The highest BCUT2D eigenvalue weighted by molar-refractivity contribution is 7.10. The minimum absolute atomic E-state index is 0.124. The molecule has 0 bridgehead atoms. The third-order valence-electron chi connectivity index (χ3n) is 3.73. The number of carbonyl (C=O) groups excluding carboxylic acids is 2. The number of nitro benzene ring substituents is 1. The topological polar surface area (TPSA) is 113 Å². The Morgan fingerprint density at radius 1 is 1.32 bits per heavy atom. The molecule has 1 aromatic carbocycles. The molecule has 8 nitrogen and oxygen atoms in total. The first-order valence-electron chi connectivity index (χ1n) is 7.31. The maximum absolute atomic E-state index is 12.7. The van der Waals surface area contributed by atoms with Crippen molar-refractivity contribution in [1.82, 2.24) is 10.6 Å². The van der Waals surface area contributed by atoms with Crippen molar-refractivity contribution in [3.63, 3.8) is 0 Å². The molecule has 1 aliphatic rings. The molecule has 2 atom stereocenters. The molecular formula is C16H14N4O4S. The number of amides is 3. The SMILES string of the molecule is C=C1NC(=O)N[C@@H](c2cccs2)[C@@H]1C(=O)Nc1cccc([N+](=O)[O-])c1. The lowest BCUT2D eigenvalue weighted by atomic mass is 9.92. The Morgan fingerprint density at radius 3 is 2.80 bits per heavy atom. The van der Waals surface area contributed by atoms with E-state index in [0.717, 1.165) is 4.88 Å². The summed E-state index contributed by atoms with van der Waals surface area (Å²) in [5.74, 6) is -1.17. The number of hydrogen-bond acceptors (Lipinski definition) is 5. The third-order valence-corrected chi connectivity index (χ3v) is 4.68. The number of nitrogens with zero attached hydrogens (tertiary/aromatic N) is 1. The second kappa shape index (κ2) is 6.73. The van der Waals surface area contributed by atoms with Crippen LogP contribution in [0.2, 0.25) is 0 Å². The lowest BCUT2D eigenvalue weighted by Crippen LogP contribution is -2.51. The first-order chi connectivity index (χ1) is 12.0. The Hall–Kier alpha value is -3.20. The van der Waals surface area contributed by atoms with Gasteiger partial charge >= 0.3 is 6.03 Å². The van der Waals surface area contributed by atoms with E-state index in [1.165, 1.54) is 29.5 Å². The summed E-state index contributed by atoms with van der Waals surface area (Å²) >= 11 is 1.41. The van der Waals surface area contributed by atoms with E-state index in [0.29, 0.717) is 5.69 Å². The van der Waals surface area contributed by atoms with Gasteiger partial charge in [-0.05, 0) is 17.5 Å². The van der Waals surface area contributed by atoms with Crippen molar-refractivity contribution in [2.75, 3.05) is 5.32 Å². The van der Waals surface area contributed by atoms with Gasteiger partial charge in [0.25, 0.3) is 5.69 Å². The van der Waals surface area contributed by atoms with Crippen LogP contribution in [0.5, 0.6) is 0 Å². The fourth-order valence-electron chi connectivity index (χ4n) is 2.62. The van der Waals surface area contributed by atoms with Gasteiger partial charge in [0.15, 0.2) is 0 Å². The summed E-state index contributed by atoms with van der Waals surface area (Å²) in [6, 6.07) is 8.32. The summed E-state index contributed by atoms with van der Waals surface area (Å²) in [5, 5.41) is 20.6. The molecule has 0 saturated carbocycles. The lowest BCUT2D eigenvalue weighted by molar-refractivity contribution is -0.384. The van der Waals surface area contributed by atoms with E-state index in [2.05, 4.69) is 22.5 Å². The molecule has 9 heteroatoms. The van der Waals surface area contributed by atoms with Gasteiger partial charge in [-0.1, -0.05) is 18.7 Å². The van der Waals surface area contributed by atoms with Crippen LogP contribution in [0.3, 0.4) is 0 Å². The van der Waals surface area contributed by atoms with Crippen molar-refractivity contribution in [3.8, 4) is 0 Å². The number of nitro groups is 1. The number of hydrogen-bond donors (Lipinski definition) is 3. The molecular weight excluding hydrogens is 344 g/mol. The fourth-order valence-corrected chi connectivity index (χ4v) is 3.43. The molecule has 3 rings (SSSR count). The minimum Gasteiger partial charge on any atom is -0.329 e. The molecule has 1 aliphatic heterocycles. The van der Waals surface area contributed by atoms with E-state index in [1.54, 1.807) is 6.07 Å². The van der Waals surface area contributed by atoms with Crippen molar-refractivity contribution in [3.05, 3.63) is 69.0 Å². The van der Waals surface area contributed by atoms with Crippen molar-refractivity contribution < 1.29 is 14.5 Å². The summed E-state index contributed by atoms with van der Waals surface area (Å²) < 4.78 is 0. The number of non-ortho nitro benzene ring substituents is 1. The van der Waals surface area contributed by atoms with Crippen molar-refractivity contribution in [1.29, 1.82) is 0 Å². The van der Waals surface area contributed by atoms with Crippen LogP contribution in [0.15, 0.2) is 54.1 Å². The first kappa shape index (κ1) is 16.7. The third kappa shape index (κ3) is 3.50. The van der Waals surface area contributed by atoms with E-state index in [-0.39, 0.29) is 11.4 Å². The minimum atomic E-state index is -0.754. The number of urea groups is 1. The largest absolute Gasteiger partial charge is 0.329 e. The maximum atomic E-state index is 12.7. The van der Waals surface area contributed by atoms with Crippen LogP contribution in [0.25, 0.3) is 0 Å². The Kier molecular flexibility index (Phi) is 4.48. The Bertz CT molecular complexity index is 850. The number of nitrogens with one attached hydrogen (secondary N) is 3. The average molecular weight is 358 g/mol. The Balaban J connectivity index is 1.85. The monoisotopic (exact) mass is 358 g/mol. The predicted molar refractivity (Wildman–Crippen MR) is 93.1 cm³/mol. The second-order valence-corrected chi connectivity index (χ2v) is 6.37. The molecule has 3 N–H and O–H groups in total. The molecule has 1 saturated heterocycles. The summed E-state index contributed by atoms with van der Waals surface area (Å²) in [6.45, 7) is 3.78. The van der Waals surface area contributed by atoms with Gasteiger partial charge < -0.3 is 16.0 Å². The van der Waals surface area contributed by atoms with Crippen LogP contribution >= 0.6 is 11.3 Å². The first-order valence-corrected chi connectivity index (χ1v) is 8.18. The molecule has 0 unspecified atom stereocenters. The van der Waals surface area contributed by atoms with Crippen LogP contribution in [0, 0.1) is 16.0 Å². The van der Waals surface area contributed by atoms with Crippen LogP contribution in [0.4, 0.5) is 16.2 Å². The zero-order valence-electron chi connectivity index (χ0n) is 12.9. The van der Waals surface area contributed by atoms with Gasteiger partial charge in [0.05, 0.1) is 11.0 Å².